The zero-order valence-electron chi connectivity index (χ0n) is 21.7. The fraction of sp³-hybridized carbons (Fsp3) is 0.440. The quantitative estimate of drug-likeness (QED) is 0.431. The van der Waals surface area contributed by atoms with Gasteiger partial charge in [-0.1, -0.05) is 0 Å². The number of anilines is 2. The molecule has 0 saturated carbocycles. The van der Waals surface area contributed by atoms with Crippen molar-refractivity contribution < 1.29 is 45.4 Å². The van der Waals surface area contributed by atoms with Crippen LogP contribution in [0.2, 0.25) is 0 Å². The van der Waals surface area contributed by atoms with Gasteiger partial charge in [0.1, 0.15) is 17.4 Å². The molecule has 0 aromatic heterocycles. The smallest absolute Gasteiger partial charge is 0.412 e. The molecule has 0 fully saturated rings. The van der Waals surface area contributed by atoms with Crippen LogP contribution in [-0.4, -0.2) is 51.1 Å². The van der Waals surface area contributed by atoms with Gasteiger partial charge in [0.05, 0.1) is 41.4 Å². The number of fused-ring (bicyclic) bond motifs is 1. The minimum atomic E-state index is -4.97. The molecule has 1 amide bonds. The van der Waals surface area contributed by atoms with Crippen LogP contribution in [-0.2, 0) is 10.0 Å². The molecule has 212 valence electrons. The second kappa shape index (κ2) is 10.1. The van der Waals surface area contributed by atoms with Crippen LogP contribution < -0.4 is 18.7 Å². The lowest BCUT2D eigenvalue weighted by atomic mass is 9.88. The Morgan fingerprint density at radius 2 is 1.85 bits per heavy atom. The number of halogens is 4. The molecule has 0 aliphatic carbocycles. The second-order valence-electron chi connectivity index (χ2n) is 10.1. The van der Waals surface area contributed by atoms with Gasteiger partial charge in [0.2, 0.25) is 0 Å². The number of carboxylic acid groups (broad SMARTS) is 1. The number of alkyl halides is 3. The van der Waals surface area contributed by atoms with E-state index in [0.29, 0.717) is 13.8 Å². The van der Waals surface area contributed by atoms with Crippen LogP contribution in [0.25, 0.3) is 0 Å². The maximum atomic E-state index is 14.0. The zero-order chi connectivity index (χ0) is 29.6. The van der Waals surface area contributed by atoms with Crippen LogP contribution in [0, 0.1) is 22.6 Å². The van der Waals surface area contributed by atoms with Gasteiger partial charge in [-0.15, -0.1) is 0 Å². The Bertz CT molecular complexity index is 1420. The first-order chi connectivity index (χ1) is 17.9. The maximum absolute atomic E-state index is 14.0. The van der Waals surface area contributed by atoms with Crippen molar-refractivity contribution in [3.05, 3.63) is 42.2 Å². The third kappa shape index (κ3) is 5.68. The Morgan fingerprint density at radius 1 is 1.21 bits per heavy atom. The van der Waals surface area contributed by atoms with Gasteiger partial charge in [0, 0.05) is 12.5 Å². The lowest BCUT2D eigenvalue weighted by molar-refractivity contribution is -0.175. The largest absolute Gasteiger partial charge is 0.494 e. The van der Waals surface area contributed by atoms with Gasteiger partial charge in [-0.05, 0) is 58.0 Å². The van der Waals surface area contributed by atoms with Crippen molar-refractivity contribution in [1.29, 1.82) is 5.26 Å². The molecule has 3 rings (SSSR count). The average Bonchev–Trinajstić information content (AvgIpc) is 2.82. The summed E-state index contributed by atoms with van der Waals surface area (Å²) in [6, 6.07) is 8.16. The number of amides is 1. The highest BCUT2D eigenvalue weighted by atomic mass is 32.2. The molecular weight excluding hydrogens is 546 g/mol. The van der Waals surface area contributed by atoms with Crippen LogP contribution in [0.15, 0.2) is 41.3 Å². The van der Waals surface area contributed by atoms with Crippen LogP contribution in [0.1, 0.15) is 34.1 Å². The molecule has 1 heterocycles. The Kier molecular flexibility index (Phi) is 7.73. The summed E-state index contributed by atoms with van der Waals surface area (Å²) in [6.45, 7) is 4.25. The van der Waals surface area contributed by atoms with Gasteiger partial charge in [-0.25, -0.2) is 17.6 Å². The highest BCUT2D eigenvalue weighted by Gasteiger charge is 2.54. The molecule has 0 spiro atoms. The van der Waals surface area contributed by atoms with Crippen LogP contribution >= 0.6 is 0 Å². The molecule has 2 aromatic rings. The van der Waals surface area contributed by atoms with E-state index in [0.717, 1.165) is 41.7 Å². The molecular formula is C25H27F4N3O6S. The van der Waals surface area contributed by atoms with Gasteiger partial charge < -0.3 is 14.6 Å². The third-order valence-electron chi connectivity index (χ3n) is 6.33. The highest BCUT2D eigenvalue weighted by molar-refractivity contribution is 7.92. The number of rotatable bonds is 7. The SMILES string of the molecule is COc1cc(S(=O)(=O)N2C[C@@H](CC(C)(C)C#N)Oc3ccc(N(C(=O)O)C(C)(C)C(F)(F)F)cc32)ccc1F. The first kappa shape index (κ1) is 29.8. The van der Waals surface area contributed by atoms with E-state index in [1.807, 2.05) is 0 Å². The highest BCUT2D eigenvalue weighted by Crippen LogP contribution is 2.44. The number of sulfonamides is 1. The topological polar surface area (TPSA) is 120 Å². The van der Waals surface area contributed by atoms with Crippen molar-refractivity contribution in [2.24, 2.45) is 5.41 Å². The predicted octanol–water partition coefficient (Wildman–Crippen LogP) is 5.56. The summed E-state index contributed by atoms with van der Waals surface area (Å²) in [4.78, 5) is 11.7. The van der Waals surface area contributed by atoms with E-state index in [9.17, 15) is 41.1 Å². The van der Waals surface area contributed by atoms with E-state index in [1.54, 1.807) is 13.8 Å². The van der Waals surface area contributed by atoms with E-state index < -0.39 is 50.9 Å². The number of nitriles is 1. The predicted molar refractivity (Wildman–Crippen MR) is 133 cm³/mol. The standard InChI is InChI=1S/C25H27F4N3O6S/c1-23(2,14-30)12-16-13-31(39(35,36)17-7-8-18(26)21(11-17)37-5)19-10-15(6-9-20(19)38-16)32(22(33)34)24(3,4)25(27,28)29/h6-11,16H,12-13H2,1-5H3,(H,33,34)/t16-/m1/s1. The molecule has 0 saturated heterocycles. The van der Waals surface area contributed by atoms with Crippen molar-refractivity contribution in [2.75, 3.05) is 22.9 Å². The molecule has 1 N–H and O–H groups in total. The van der Waals surface area contributed by atoms with Crippen LogP contribution in [0.3, 0.4) is 0 Å². The van der Waals surface area contributed by atoms with Crippen molar-refractivity contribution in [3.8, 4) is 17.6 Å². The molecule has 9 nitrogen and oxygen atoms in total. The van der Waals surface area contributed by atoms with Gasteiger partial charge in [-0.3, -0.25) is 9.21 Å². The molecule has 1 atom stereocenters. The van der Waals surface area contributed by atoms with E-state index in [-0.39, 0.29) is 39.9 Å². The minimum Gasteiger partial charge on any atom is -0.494 e. The van der Waals surface area contributed by atoms with E-state index in [2.05, 4.69) is 6.07 Å². The number of benzene rings is 2. The molecule has 0 bridgehead atoms. The number of hydrogen-bond donors (Lipinski definition) is 1. The molecule has 1 aliphatic heterocycles. The average molecular weight is 574 g/mol. The Balaban J connectivity index is 2.22. The van der Waals surface area contributed by atoms with Crippen molar-refractivity contribution in [2.45, 2.75) is 56.8 Å². The minimum absolute atomic E-state index is 0.0588. The summed E-state index contributed by atoms with van der Waals surface area (Å²) < 4.78 is 94.7. The lowest BCUT2D eigenvalue weighted by Crippen LogP contribution is -2.57. The summed E-state index contributed by atoms with van der Waals surface area (Å²) >= 11 is 0. The number of hydrogen-bond acceptors (Lipinski definition) is 6. The van der Waals surface area contributed by atoms with Gasteiger partial charge in [-0.2, -0.15) is 18.4 Å². The van der Waals surface area contributed by atoms with Crippen molar-refractivity contribution in [3.63, 3.8) is 0 Å². The zero-order valence-corrected chi connectivity index (χ0v) is 22.5. The third-order valence-corrected chi connectivity index (χ3v) is 8.10. The van der Waals surface area contributed by atoms with Crippen molar-refractivity contribution >= 4 is 27.5 Å². The number of carbonyl (C=O) groups is 1. The number of methoxy groups -OCH3 is 1. The first-order valence-electron chi connectivity index (χ1n) is 11.5. The lowest BCUT2D eigenvalue weighted by Gasteiger charge is -2.40. The van der Waals surface area contributed by atoms with Crippen LogP contribution in [0.5, 0.6) is 11.5 Å². The number of ether oxygens (including phenoxy) is 2. The van der Waals surface area contributed by atoms with Crippen molar-refractivity contribution in [1.82, 2.24) is 0 Å². The Morgan fingerprint density at radius 3 is 2.38 bits per heavy atom. The van der Waals surface area contributed by atoms with Gasteiger partial charge in [0.15, 0.2) is 11.6 Å². The fourth-order valence-corrected chi connectivity index (χ4v) is 5.63. The summed E-state index contributed by atoms with van der Waals surface area (Å²) in [6.07, 6.45) is -7.65. The van der Waals surface area contributed by atoms with E-state index in [1.165, 1.54) is 6.07 Å². The fourth-order valence-electron chi connectivity index (χ4n) is 4.12. The monoisotopic (exact) mass is 573 g/mol. The van der Waals surface area contributed by atoms with Gasteiger partial charge >= 0.3 is 12.3 Å². The molecule has 0 radical (unpaired) electrons. The molecule has 2 aromatic carbocycles. The molecule has 0 unspecified atom stereocenters. The second-order valence-corrected chi connectivity index (χ2v) is 12.0. The molecule has 1 aliphatic rings. The summed E-state index contributed by atoms with van der Waals surface area (Å²) in [5.74, 6) is -1.23. The van der Waals surface area contributed by atoms with Gasteiger partial charge in [0.25, 0.3) is 10.0 Å². The molecule has 39 heavy (non-hydrogen) atoms. The molecule has 14 heteroatoms. The van der Waals surface area contributed by atoms with E-state index in [4.69, 9.17) is 9.47 Å². The summed E-state index contributed by atoms with van der Waals surface area (Å²) in [5.41, 5.74) is -4.49. The Hall–Kier alpha value is -3.73. The number of nitrogens with zero attached hydrogens (tertiary/aromatic N) is 3. The Labute approximate surface area is 223 Å². The summed E-state index contributed by atoms with van der Waals surface area (Å²) in [5, 5.41) is 19.2. The summed E-state index contributed by atoms with van der Waals surface area (Å²) in [7, 11) is -3.36. The van der Waals surface area contributed by atoms with E-state index >= 15 is 0 Å². The normalized spacial score (nSPS) is 16.1. The van der Waals surface area contributed by atoms with Crippen LogP contribution in [0.4, 0.5) is 33.7 Å². The maximum Gasteiger partial charge on any atom is 0.412 e. The first-order valence-corrected chi connectivity index (χ1v) is 13.0.